The van der Waals surface area contributed by atoms with Crippen LogP contribution < -0.4 is 5.32 Å². The van der Waals surface area contributed by atoms with E-state index in [0.29, 0.717) is 10.6 Å². The minimum absolute atomic E-state index is 0.204. The molecule has 0 aromatic heterocycles. The number of hydrogen-bond acceptors (Lipinski definition) is 1. The lowest BCUT2D eigenvalue weighted by Gasteiger charge is -2.03. The normalized spacial score (nSPS) is 9.21. The Balaban J connectivity index is 2.82. The summed E-state index contributed by atoms with van der Waals surface area (Å²) in [5, 5.41) is 3.14. The highest BCUT2D eigenvalue weighted by atomic mass is 35.5. The third-order valence-corrected chi connectivity index (χ3v) is 2.19. The molecule has 0 bridgehead atoms. The zero-order chi connectivity index (χ0) is 10.6. The number of benzene rings is 1. The van der Waals surface area contributed by atoms with Crippen LogP contribution in [0.25, 0.3) is 0 Å². The summed E-state index contributed by atoms with van der Waals surface area (Å²) in [7, 11) is 0. The lowest BCUT2D eigenvalue weighted by atomic mass is 10.1. The monoisotopic (exact) mass is 207 g/mol. The molecule has 0 aliphatic carbocycles. The van der Waals surface area contributed by atoms with Crippen molar-refractivity contribution in [3.63, 3.8) is 0 Å². The van der Waals surface area contributed by atoms with Gasteiger partial charge in [-0.15, -0.1) is 6.42 Å². The van der Waals surface area contributed by atoms with Crippen molar-refractivity contribution in [2.24, 2.45) is 0 Å². The number of nitrogens with one attached hydrogen (secondary N) is 1. The highest BCUT2D eigenvalue weighted by Gasteiger charge is 2.05. The van der Waals surface area contributed by atoms with Crippen molar-refractivity contribution in [2.75, 3.05) is 6.54 Å². The summed E-state index contributed by atoms with van der Waals surface area (Å²) in [5.74, 6) is 2.13. The number of rotatable bonds is 2. The molecule has 1 amide bonds. The lowest BCUT2D eigenvalue weighted by Crippen LogP contribution is -2.23. The molecule has 0 atom stereocenters. The number of amides is 1. The molecular formula is C11H10ClNO. The van der Waals surface area contributed by atoms with Gasteiger partial charge in [0.2, 0.25) is 0 Å². The third-order valence-electron chi connectivity index (χ3n) is 1.79. The lowest BCUT2D eigenvalue weighted by molar-refractivity contribution is 0.0958. The number of carbonyl (C=O) groups is 1. The molecule has 0 spiro atoms. The van der Waals surface area contributed by atoms with Crippen molar-refractivity contribution in [1.82, 2.24) is 5.32 Å². The van der Waals surface area contributed by atoms with Crippen LogP contribution >= 0.6 is 11.6 Å². The van der Waals surface area contributed by atoms with Crippen LogP contribution in [0.4, 0.5) is 0 Å². The maximum Gasteiger partial charge on any atom is 0.252 e. The fourth-order valence-corrected chi connectivity index (χ4v) is 1.15. The molecule has 1 aromatic carbocycles. The van der Waals surface area contributed by atoms with Gasteiger partial charge >= 0.3 is 0 Å². The summed E-state index contributed by atoms with van der Waals surface area (Å²) < 4.78 is 0. The van der Waals surface area contributed by atoms with E-state index in [1.165, 1.54) is 0 Å². The molecule has 0 fully saturated rings. The second-order valence-electron chi connectivity index (χ2n) is 2.85. The number of terminal acetylenes is 1. The second kappa shape index (κ2) is 4.69. The number of carbonyl (C=O) groups excluding carboxylic acids is 1. The Hall–Kier alpha value is -1.46. The molecule has 2 nitrogen and oxygen atoms in total. The van der Waals surface area contributed by atoms with Gasteiger partial charge in [0.1, 0.15) is 0 Å². The van der Waals surface area contributed by atoms with Crippen molar-refractivity contribution >= 4 is 17.5 Å². The molecule has 0 heterocycles. The maximum atomic E-state index is 11.4. The van der Waals surface area contributed by atoms with E-state index in [9.17, 15) is 4.79 Å². The molecule has 3 heteroatoms. The standard InChI is InChI=1S/C11H10ClNO/c1-3-6-13-11(14)9-5-4-8(2)10(12)7-9/h1,4-5,7H,6H2,2H3,(H,13,14). The highest BCUT2D eigenvalue weighted by molar-refractivity contribution is 6.31. The van der Waals surface area contributed by atoms with Crippen molar-refractivity contribution < 1.29 is 4.79 Å². The van der Waals surface area contributed by atoms with Crippen LogP contribution in [0.5, 0.6) is 0 Å². The van der Waals surface area contributed by atoms with Gasteiger partial charge in [-0.3, -0.25) is 4.79 Å². The Morgan fingerprint density at radius 1 is 1.64 bits per heavy atom. The van der Waals surface area contributed by atoms with E-state index in [2.05, 4.69) is 11.2 Å². The largest absolute Gasteiger partial charge is 0.341 e. The molecule has 0 radical (unpaired) electrons. The molecule has 0 unspecified atom stereocenters. The summed E-state index contributed by atoms with van der Waals surface area (Å²) >= 11 is 5.87. The van der Waals surface area contributed by atoms with Crippen LogP contribution in [0.1, 0.15) is 15.9 Å². The van der Waals surface area contributed by atoms with Gasteiger partial charge in [-0.2, -0.15) is 0 Å². The Morgan fingerprint density at radius 2 is 2.36 bits per heavy atom. The summed E-state index contributed by atoms with van der Waals surface area (Å²) in [4.78, 5) is 11.4. The van der Waals surface area contributed by atoms with Gasteiger partial charge in [-0.1, -0.05) is 23.6 Å². The SMILES string of the molecule is C#CCNC(=O)c1ccc(C)c(Cl)c1. The van der Waals surface area contributed by atoms with E-state index in [1.807, 2.05) is 6.92 Å². The van der Waals surface area contributed by atoms with Gasteiger partial charge in [0.25, 0.3) is 5.91 Å². The molecular weight excluding hydrogens is 198 g/mol. The minimum Gasteiger partial charge on any atom is -0.341 e. The predicted molar refractivity (Wildman–Crippen MR) is 57.4 cm³/mol. The van der Waals surface area contributed by atoms with Crippen LogP contribution in [0.2, 0.25) is 5.02 Å². The van der Waals surface area contributed by atoms with Crippen molar-refractivity contribution in [3.8, 4) is 12.3 Å². The van der Waals surface area contributed by atoms with Gasteiger partial charge < -0.3 is 5.32 Å². The van der Waals surface area contributed by atoms with Crippen LogP contribution in [-0.2, 0) is 0 Å². The van der Waals surface area contributed by atoms with E-state index in [1.54, 1.807) is 18.2 Å². The van der Waals surface area contributed by atoms with Crippen LogP contribution in [0.15, 0.2) is 18.2 Å². The Bertz CT molecular complexity index is 393. The topological polar surface area (TPSA) is 29.1 Å². The van der Waals surface area contributed by atoms with Gasteiger partial charge in [-0.05, 0) is 24.6 Å². The van der Waals surface area contributed by atoms with Crippen LogP contribution in [0, 0.1) is 19.3 Å². The first kappa shape index (κ1) is 10.6. The highest BCUT2D eigenvalue weighted by Crippen LogP contribution is 2.16. The first-order chi connectivity index (χ1) is 6.65. The molecule has 14 heavy (non-hydrogen) atoms. The fourth-order valence-electron chi connectivity index (χ4n) is 0.967. The van der Waals surface area contributed by atoms with Crippen molar-refractivity contribution in [1.29, 1.82) is 0 Å². The van der Waals surface area contributed by atoms with E-state index in [0.717, 1.165) is 5.56 Å². The molecule has 0 saturated heterocycles. The van der Waals surface area contributed by atoms with E-state index in [4.69, 9.17) is 18.0 Å². The average Bonchev–Trinajstić information content (AvgIpc) is 2.18. The summed E-state index contributed by atoms with van der Waals surface area (Å²) in [6.45, 7) is 2.11. The van der Waals surface area contributed by atoms with Crippen molar-refractivity contribution in [2.45, 2.75) is 6.92 Å². The molecule has 0 aliphatic heterocycles. The van der Waals surface area contributed by atoms with Gasteiger partial charge in [0.05, 0.1) is 6.54 Å². The van der Waals surface area contributed by atoms with E-state index < -0.39 is 0 Å². The smallest absolute Gasteiger partial charge is 0.252 e. The predicted octanol–water partition coefficient (Wildman–Crippen LogP) is 2.01. The molecule has 72 valence electrons. The second-order valence-corrected chi connectivity index (χ2v) is 3.26. The minimum atomic E-state index is -0.204. The van der Waals surface area contributed by atoms with Crippen molar-refractivity contribution in [3.05, 3.63) is 34.3 Å². The van der Waals surface area contributed by atoms with E-state index >= 15 is 0 Å². The van der Waals surface area contributed by atoms with E-state index in [-0.39, 0.29) is 12.5 Å². The Labute approximate surface area is 88.3 Å². The molecule has 0 aliphatic rings. The average molecular weight is 208 g/mol. The van der Waals surface area contributed by atoms with Gasteiger partial charge in [-0.25, -0.2) is 0 Å². The number of halogens is 1. The first-order valence-corrected chi connectivity index (χ1v) is 4.50. The Kier molecular flexibility index (Phi) is 3.55. The number of hydrogen-bond donors (Lipinski definition) is 1. The van der Waals surface area contributed by atoms with Crippen LogP contribution in [-0.4, -0.2) is 12.5 Å². The van der Waals surface area contributed by atoms with Gasteiger partial charge in [0, 0.05) is 10.6 Å². The summed E-state index contributed by atoms with van der Waals surface area (Å²) in [6, 6.07) is 5.14. The fraction of sp³-hybridized carbons (Fsp3) is 0.182. The summed E-state index contributed by atoms with van der Waals surface area (Å²) in [6.07, 6.45) is 5.02. The first-order valence-electron chi connectivity index (χ1n) is 4.13. The zero-order valence-corrected chi connectivity index (χ0v) is 8.56. The summed E-state index contributed by atoms with van der Waals surface area (Å²) in [5.41, 5.74) is 1.47. The zero-order valence-electron chi connectivity index (χ0n) is 7.80. The Morgan fingerprint density at radius 3 is 2.93 bits per heavy atom. The molecule has 1 aromatic rings. The maximum absolute atomic E-state index is 11.4. The third kappa shape index (κ3) is 2.51. The number of aryl methyl sites for hydroxylation is 1. The quantitative estimate of drug-likeness (QED) is 0.739. The molecule has 1 rings (SSSR count). The van der Waals surface area contributed by atoms with Crippen LogP contribution in [0.3, 0.4) is 0 Å². The molecule has 1 N–H and O–H groups in total. The molecule has 0 saturated carbocycles. The van der Waals surface area contributed by atoms with Gasteiger partial charge in [0.15, 0.2) is 0 Å².